The molecule has 0 saturated carbocycles. The van der Waals surface area contributed by atoms with Gasteiger partial charge in [-0.15, -0.1) is 0 Å². The minimum atomic E-state index is -0.479. The molecule has 0 aliphatic heterocycles. The number of carbonyl (C=O) groups is 1. The lowest BCUT2D eigenvalue weighted by molar-refractivity contribution is 0.00167. The summed E-state index contributed by atoms with van der Waals surface area (Å²) in [5.74, 6) is -0.293. The number of carbonyl (C=O) groups excluding carboxylic acids is 1. The van der Waals surface area contributed by atoms with E-state index in [1.807, 2.05) is 6.92 Å². The minimum absolute atomic E-state index is 0.185. The van der Waals surface area contributed by atoms with Crippen molar-refractivity contribution in [1.29, 1.82) is 0 Å². The van der Waals surface area contributed by atoms with Crippen molar-refractivity contribution in [2.75, 3.05) is 13.2 Å². The van der Waals surface area contributed by atoms with Gasteiger partial charge in [0.05, 0.1) is 6.61 Å². The molecule has 1 atom stereocenters. The van der Waals surface area contributed by atoms with Gasteiger partial charge in [0.25, 0.3) is 0 Å². The third-order valence-corrected chi connectivity index (χ3v) is 2.07. The molecule has 0 fully saturated rings. The molecule has 1 heterocycles. The predicted molar refractivity (Wildman–Crippen MR) is 57.8 cm³/mol. The number of ether oxygens (including phenoxy) is 2. The molecule has 1 rings (SSSR count). The van der Waals surface area contributed by atoms with Gasteiger partial charge in [0, 0.05) is 6.61 Å². The zero-order valence-corrected chi connectivity index (χ0v) is 10.2. The Kier molecular flexibility index (Phi) is 4.84. The lowest BCUT2D eigenvalue weighted by atomic mass is 10.4. The molecular formula is C10H13BrO4. The van der Waals surface area contributed by atoms with Crippen LogP contribution in [0.2, 0.25) is 0 Å². The average molecular weight is 277 g/mol. The van der Waals surface area contributed by atoms with Crippen molar-refractivity contribution >= 4 is 21.9 Å². The van der Waals surface area contributed by atoms with Crippen LogP contribution in [0.15, 0.2) is 21.2 Å². The van der Waals surface area contributed by atoms with Crippen LogP contribution in [0.5, 0.6) is 0 Å². The normalized spacial score (nSPS) is 12.5. The maximum Gasteiger partial charge on any atom is 0.374 e. The number of halogens is 1. The van der Waals surface area contributed by atoms with Gasteiger partial charge < -0.3 is 13.9 Å². The summed E-state index contributed by atoms with van der Waals surface area (Å²) >= 11 is 3.11. The highest BCUT2D eigenvalue weighted by Gasteiger charge is 2.15. The van der Waals surface area contributed by atoms with E-state index in [1.54, 1.807) is 19.1 Å². The number of furan rings is 1. The smallest absolute Gasteiger partial charge is 0.374 e. The Hall–Kier alpha value is -0.810. The highest BCUT2D eigenvalue weighted by Crippen LogP contribution is 2.15. The molecule has 0 bridgehead atoms. The maximum absolute atomic E-state index is 11.4. The molecule has 0 N–H and O–H groups in total. The zero-order valence-electron chi connectivity index (χ0n) is 8.66. The lowest BCUT2D eigenvalue weighted by Gasteiger charge is -2.11. The molecule has 0 aliphatic carbocycles. The molecule has 5 heteroatoms. The second-order valence-electron chi connectivity index (χ2n) is 2.98. The maximum atomic E-state index is 11.4. The van der Waals surface area contributed by atoms with Gasteiger partial charge >= 0.3 is 5.97 Å². The molecule has 0 aliphatic rings. The first kappa shape index (κ1) is 12.3. The van der Waals surface area contributed by atoms with Crippen molar-refractivity contribution in [3.8, 4) is 0 Å². The Morgan fingerprint density at radius 3 is 2.87 bits per heavy atom. The zero-order chi connectivity index (χ0) is 11.3. The van der Waals surface area contributed by atoms with E-state index in [9.17, 15) is 4.79 Å². The first-order chi connectivity index (χ1) is 7.13. The molecule has 0 saturated heterocycles. The standard InChI is InChI=1S/C10H13BrO4/c1-3-13-6-7(2)14-10(12)8-4-5-9(11)15-8/h4-5,7H,3,6H2,1-2H3/t7-/m0/s1. The third-order valence-electron chi connectivity index (χ3n) is 1.64. The monoisotopic (exact) mass is 276 g/mol. The molecule has 15 heavy (non-hydrogen) atoms. The summed E-state index contributed by atoms with van der Waals surface area (Å²) in [6, 6.07) is 3.20. The fraction of sp³-hybridized carbons (Fsp3) is 0.500. The summed E-state index contributed by atoms with van der Waals surface area (Å²) in [6.45, 7) is 4.65. The van der Waals surface area contributed by atoms with Gasteiger partial charge in [0.15, 0.2) is 4.67 Å². The molecule has 0 amide bonds. The van der Waals surface area contributed by atoms with E-state index in [2.05, 4.69) is 15.9 Å². The summed E-state index contributed by atoms with van der Waals surface area (Å²) in [5, 5.41) is 0. The van der Waals surface area contributed by atoms with E-state index >= 15 is 0 Å². The molecule has 84 valence electrons. The van der Waals surface area contributed by atoms with Crippen LogP contribution in [0.4, 0.5) is 0 Å². The number of rotatable bonds is 5. The van der Waals surface area contributed by atoms with Gasteiger partial charge in [-0.05, 0) is 41.9 Å². The highest BCUT2D eigenvalue weighted by molar-refractivity contribution is 9.10. The van der Waals surface area contributed by atoms with E-state index in [-0.39, 0.29) is 11.9 Å². The molecule has 1 aromatic heterocycles. The topological polar surface area (TPSA) is 48.7 Å². The largest absolute Gasteiger partial charge is 0.454 e. The molecule has 1 aromatic rings. The SMILES string of the molecule is CCOC[C@H](C)OC(=O)c1ccc(Br)o1. The van der Waals surface area contributed by atoms with Crippen LogP contribution < -0.4 is 0 Å². The van der Waals surface area contributed by atoms with Gasteiger partial charge in [-0.2, -0.15) is 0 Å². The van der Waals surface area contributed by atoms with Crippen molar-refractivity contribution < 1.29 is 18.7 Å². The predicted octanol–water partition coefficient (Wildman–Crippen LogP) is 2.62. The van der Waals surface area contributed by atoms with E-state index in [4.69, 9.17) is 13.9 Å². The molecule has 0 aromatic carbocycles. The van der Waals surface area contributed by atoms with Gasteiger partial charge in [0.2, 0.25) is 5.76 Å². The summed E-state index contributed by atoms with van der Waals surface area (Å²) in [6.07, 6.45) is -0.277. The van der Waals surface area contributed by atoms with Crippen LogP contribution >= 0.6 is 15.9 Å². The molecule has 4 nitrogen and oxygen atoms in total. The summed E-state index contributed by atoms with van der Waals surface area (Å²) in [5.41, 5.74) is 0. The fourth-order valence-electron chi connectivity index (χ4n) is 0.983. The number of hydrogen-bond acceptors (Lipinski definition) is 4. The van der Waals surface area contributed by atoms with E-state index in [0.717, 1.165) is 0 Å². The highest BCUT2D eigenvalue weighted by atomic mass is 79.9. The Bertz CT molecular complexity index is 321. The third kappa shape index (κ3) is 4.05. The first-order valence-electron chi connectivity index (χ1n) is 4.67. The van der Waals surface area contributed by atoms with Crippen LogP contribution in [0.1, 0.15) is 24.4 Å². The molecule has 0 radical (unpaired) electrons. The van der Waals surface area contributed by atoms with E-state index in [1.165, 1.54) is 0 Å². The molecule has 0 unspecified atom stereocenters. The van der Waals surface area contributed by atoms with Gasteiger partial charge in [-0.1, -0.05) is 0 Å². The van der Waals surface area contributed by atoms with Crippen molar-refractivity contribution in [2.45, 2.75) is 20.0 Å². The number of hydrogen-bond donors (Lipinski definition) is 0. The Balaban J connectivity index is 2.42. The summed E-state index contributed by atoms with van der Waals surface area (Å²) in [4.78, 5) is 11.4. The first-order valence-corrected chi connectivity index (χ1v) is 5.46. The second-order valence-corrected chi connectivity index (χ2v) is 3.76. The fourth-order valence-corrected chi connectivity index (χ4v) is 1.29. The Labute approximate surface area is 96.7 Å². The van der Waals surface area contributed by atoms with Crippen molar-refractivity contribution in [2.24, 2.45) is 0 Å². The lowest BCUT2D eigenvalue weighted by Crippen LogP contribution is -2.20. The molecule has 0 spiro atoms. The van der Waals surface area contributed by atoms with Crippen molar-refractivity contribution in [3.63, 3.8) is 0 Å². The Morgan fingerprint density at radius 2 is 2.33 bits per heavy atom. The van der Waals surface area contributed by atoms with Crippen LogP contribution in [0.25, 0.3) is 0 Å². The van der Waals surface area contributed by atoms with Crippen LogP contribution in [-0.2, 0) is 9.47 Å². The quantitative estimate of drug-likeness (QED) is 0.776. The van der Waals surface area contributed by atoms with E-state index in [0.29, 0.717) is 17.9 Å². The van der Waals surface area contributed by atoms with Crippen molar-refractivity contribution in [3.05, 3.63) is 22.6 Å². The van der Waals surface area contributed by atoms with Crippen LogP contribution in [-0.4, -0.2) is 25.3 Å². The summed E-state index contributed by atoms with van der Waals surface area (Å²) in [7, 11) is 0. The average Bonchev–Trinajstić information content (AvgIpc) is 2.61. The second kappa shape index (κ2) is 5.92. The number of esters is 1. The van der Waals surface area contributed by atoms with Crippen LogP contribution in [0, 0.1) is 0 Å². The molecular weight excluding hydrogens is 264 g/mol. The van der Waals surface area contributed by atoms with Gasteiger partial charge in [-0.3, -0.25) is 0 Å². The van der Waals surface area contributed by atoms with E-state index < -0.39 is 5.97 Å². The van der Waals surface area contributed by atoms with Crippen molar-refractivity contribution in [1.82, 2.24) is 0 Å². The van der Waals surface area contributed by atoms with Gasteiger partial charge in [0.1, 0.15) is 6.10 Å². The van der Waals surface area contributed by atoms with Crippen LogP contribution in [0.3, 0.4) is 0 Å². The summed E-state index contributed by atoms with van der Waals surface area (Å²) < 4.78 is 15.8. The van der Waals surface area contributed by atoms with Gasteiger partial charge in [-0.25, -0.2) is 4.79 Å². The minimum Gasteiger partial charge on any atom is -0.454 e. The Morgan fingerprint density at radius 1 is 1.60 bits per heavy atom.